The Kier molecular flexibility index (Phi) is 3.14. The van der Waals surface area contributed by atoms with E-state index in [2.05, 4.69) is 0 Å². The Morgan fingerprint density at radius 1 is 1.19 bits per heavy atom. The Labute approximate surface area is 93.4 Å². The van der Waals surface area contributed by atoms with Crippen molar-refractivity contribution in [2.24, 2.45) is 11.8 Å². The van der Waals surface area contributed by atoms with Gasteiger partial charge < -0.3 is 14.9 Å². The van der Waals surface area contributed by atoms with Gasteiger partial charge in [-0.05, 0) is 31.1 Å². The lowest BCUT2D eigenvalue weighted by Gasteiger charge is -2.26. The van der Waals surface area contributed by atoms with Gasteiger partial charge in [0.25, 0.3) is 0 Å². The van der Waals surface area contributed by atoms with Gasteiger partial charge in [-0.3, -0.25) is 9.59 Å². The molecule has 2 fully saturated rings. The molecule has 0 spiro atoms. The Morgan fingerprint density at radius 3 is 2.19 bits per heavy atom. The number of rotatable bonds is 5. The molecule has 0 aromatic heterocycles. The normalized spacial score (nSPS) is 32.2. The standard InChI is InChI=1S/C11H16O5/c12-10(13)3-6(4-11(14)15)8-5-7-1-2-9(8)16-7/h6-9H,1-5H2,(H,12,13)(H,14,15). The second-order valence-electron chi connectivity index (χ2n) is 4.73. The molecule has 3 atom stereocenters. The highest BCUT2D eigenvalue weighted by molar-refractivity contribution is 5.70. The molecule has 3 unspecified atom stereocenters. The van der Waals surface area contributed by atoms with E-state index in [0.29, 0.717) is 0 Å². The predicted molar refractivity (Wildman–Crippen MR) is 54.0 cm³/mol. The quantitative estimate of drug-likeness (QED) is 0.736. The minimum Gasteiger partial charge on any atom is -0.481 e. The number of carboxylic acids is 2. The maximum absolute atomic E-state index is 10.7. The second kappa shape index (κ2) is 4.41. The summed E-state index contributed by atoms with van der Waals surface area (Å²) in [7, 11) is 0. The monoisotopic (exact) mass is 228 g/mol. The third-order valence-electron chi connectivity index (χ3n) is 3.63. The van der Waals surface area contributed by atoms with E-state index < -0.39 is 11.9 Å². The molecule has 2 saturated heterocycles. The molecule has 2 heterocycles. The molecule has 2 aliphatic heterocycles. The molecule has 16 heavy (non-hydrogen) atoms. The molecule has 0 aliphatic carbocycles. The maximum atomic E-state index is 10.7. The van der Waals surface area contributed by atoms with Gasteiger partial charge in [-0.1, -0.05) is 0 Å². The first-order valence-electron chi connectivity index (χ1n) is 5.65. The van der Waals surface area contributed by atoms with Gasteiger partial charge in [-0.15, -0.1) is 0 Å². The molecule has 5 heteroatoms. The van der Waals surface area contributed by atoms with Crippen LogP contribution in [0.25, 0.3) is 0 Å². The lowest BCUT2D eigenvalue weighted by Crippen LogP contribution is -2.28. The summed E-state index contributed by atoms with van der Waals surface area (Å²) in [6.45, 7) is 0. The van der Waals surface area contributed by atoms with Crippen molar-refractivity contribution in [2.45, 2.75) is 44.3 Å². The molecule has 5 nitrogen and oxygen atoms in total. The average molecular weight is 228 g/mol. The van der Waals surface area contributed by atoms with Crippen LogP contribution in [-0.4, -0.2) is 34.4 Å². The van der Waals surface area contributed by atoms with Gasteiger partial charge in [0.05, 0.1) is 12.2 Å². The molecule has 2 bridgehead atoms. The van der Waals surface area contributed by atoms with Crippen LogP contribution in [0.3, 0.4) is 0 Å². The average Bonchev–Trinajstić information content (AvgIpc) is 2.75. The van der Waals surface area contributed by atoms with Crippen molar-refractivity contribution in [2.75, 3.05) is 0 Å². The minimum atomic E-state index is -0.922. The van der Waals surface area contributed by atoms with Crippen LogP contribution in [0.15, 0.2) is 0 Å². The zero-order chi connectivity index (χ0) is 11.7. The fourth-order valence-electron chi connectivity index (χ4n) is 3.00. The van der Waals surface area contributed by atoms with Crippen LogP contribution in [-0.2, 0) is 14.3 Å². The molecule has 2 rings (SSSR count). The molecular formula is C11H16O5. The summed E-state index contributed by atoms with van der Waals surface area (Å²) in [5.41, 5.74) is 0. The summed E-state index contributed by atoms with van der Waals surface area (Å²) < 4.78 is 5.64. The topological polar surface area (TPSA) is 83.8 Å². The lowest BCUT2D eigenvalue weighted by molar-refractivity contribution is -0.141. The Morgan fingerprint density at radius 2 is 1.81 bits per heavy atom. The molecule has 0 radical (unpaired) electrons. The predicted octanol–water partition coefficient (Wildman–Crippen LogP) is 1.12. The summed E-state index contributed by atoms with van der Waals surface area (Å²) in [5.74, 6) is -2.01. The highest BCUT2D eigenvalue weighted by Crippen LogP contribution is 2.44. The van der Waals surface area contributed by atoms with E-state index in [0.717, 1.165) is 19.3 Å². The van der Waals surface area contributed by atoms with E-state index in [1.165, 1.54) is 0 Å². The van der Waals surface area contributed by atoms with E-state index in [1.807, 2.05) is 0 Å². The van der Waals surface area contributed by atoms with Crippen molar-refractivity contribution in [3.05, 3.63) is 0 Å². The first-order valence-corrected chi connectivity index (χ1v) is 5.65. The molecule has 0 aromatic rings. The van der Waals surface area contributed by atoms with Crippen molar-refractivity contribution < 1.29 is 24.5 Å². The smallest absolute Gasteiger partial charge is 0.303 e. The zero-order valence-electron chi connectivity index (χ0n) is 8.96. The van der Waals surface area contributed by atoms with Gasteiger partial charge in [0.1, 0.15) is 0 Å². The van der Waals surface area contributed by atoms with E-state index in [4.69, 9.17) is 14.9 Å². The summed E-state index contributed by atoms with van der Waals surface area (Å²) >= 11 is 0. The number of carbonyl (C=O) groups is 2. The van der Waals surface area contributed by atoms with Crippen LogP contribution in [0.1, 0.15) is 32.1 Å². The number of ether oxygens (including phenoxy) is 1. The Hall–Kier alpha value is -1.10. The van der Waals surface area contributed by atoms with Crippen LogP contribution in [0.5, 0.6) is 0 Å². The third-order valence-corrected chi connectivity index (χ3v) is 3.63. The second-order valence-corrected chi connectivity index (χ2v) is 4.73. The molecule has 0 amide bonds. The first kappa shape index (κ1) is 11.4. The van der Waals surface area contributed by atoms with Crippen LogP contribution in [0, 0.1) is 11.8 Å². The third kappa shape index (κ3) is 2.35. The number of fused-ring (bicyclic) bond motifs is 2. The minimum absolute atomic E-state index is 0.0659. The lowest BCUT2D eigenvalue weighted by atomic mass is 9.77. The van der Waals surface area contributed by atoms with Gasteiger partial charge in [0.15, 0.2) is 0 Å². The summed E-state index contributed by atoms with van der Waals surface area (Å²) in [5, 5.41) is 17.6. The largest absolute Gasteiger partial charge is 0.481 e. The zero-order valence-corrected chi connectivity index (χ0v) is 8.96. The van der Waals surface area contributed by atoms with Crippen molar-refractivity contribution in [3.63, 3.8) is 0 Å². The highest BCUT2D eigenvalue weighted by Gasteiger charge is 2.45. The fraction of sp³-hybridized carbons (Fsp3) is 0.818. The van der Waals surface area contributed by atoms with Crippen molar-refractivity contribution in [3.8, 4) is 0 Å². The highest BCUT2D eigenvalue weighted by atomic mass is 16.5. The Bertz CT molecular complexity index is 285. The van der Waals surface area contributed by atoms with E-state index >= 15 is 0 Å². The summed E-state index contributed by atoms with van der Waals surface area (Å²) in [6.07, 6.45) is 3.01. The van der Waals surface area contributed by atoms with E-state index in [9.17, 15) is 9.59 Å². The summed E-state index contributed by atoms with van der Waals surface area (Å²) in [4.78, 5) is 21.4. The number of hydrogen-bond acceptors (Lipinski definition) is 3. The molecule has 2 N–H and O–H groups in total. The molecule has 2 aliphatic rings. The van der Waals surface area contributed by atoms with Crippen LogP contribution < -0.4 is 0 Å². The van der Waals surface area contributed by atoms with Gasteiger partial charge in [0, 0.05) is 12.8 Å². The van der Waals surface area contributed by atoms with Gasteiger partial charge >= 0.3 is 11.9 Å². The molecule has 0 aromatic carbocycles. The van der Waals surface area contributed by atoms with Crippen molar-refractivity contribution >= 4 is 11.9 Å². The number of carboxylic acid groups (broad SMARTS) is 2. The number of hydrogen-bond donors (Lipinski definition) is 2. The maximum Gasteiger partial charge on any atom is 0.303 e. The Balaban J connectivity index is 2.00. The molecule has 0 saturated carbocycles. The van der Waals surface area contributed by atoms with Crippen molar-refractivity contribution in [1.29, 1.82) is 0 Å². The van der Waals surface area contributed by atoms with Crippen LogP contribution in [0.4, 0.5) is 0 Å². The fourth-order valence-corrected chi connectivity index (χ4v) is 3.00. The number of aliphatic carboxylic acids is 2. The van der Waals surface area contributed by atoms with E-state index in [-0.39, 0.29) is 36.9 Å². The van der Waals surface area contributed by atoms with Gasteiger partial charge in [0.2, 0.25) is 0 Å². The van der Waals surface area contributed by atoms with Crippen LogP contribution >= 0.6 is 0 Å². The van der Waals surface area contributed by atoms with Gasteiger partial charge in [-0.25, -0.2) is 0 Å². The first-order chi connectivity index (χ1) is 7.56. The van der Waals surface area contributed by atoms with Crippen molar-refractivity contribution in [1.82, 2.24) is 0 Å². The van der Waals surface area contributed by atoms with E-state index in [1.54, 1.807) is 0 Å². The summed E-state index contributed by atoms with van der Waals surface area (Å²) in [6, 6.07) is 0. The SMILES string of the molecule is O=C(O)CC(CC(=O)O)C1CC2CCC1O2. The molecule has 90 valence electrons. The van der Waals surface area contributed by atoms with Gasteiger partial charge in [-0.2, -0.15) is 0 Å². The molecular weight excluding hydrogens is 212 g/mol. The van der Waals surface area contributed by atoms with Crippen LogP contribution in [0.2, 0.25) is 0 Å².